The van der Waals surface area contributed by atoms with Crippen molar-refractivity contribution in [3.8, 4) is 34.3 Å². The quantitative estimate of drug-likeness (QED) is 0.393. The van der Waals surface area contributed by atoms with E-state index in [0.29, 0.717) is 5.56 Å². The van der Waals surface area contributed by atoms with Gasteiger partial charge in [0.1, 0.15) is 46.5 Å². The molecule has 0 radical (unpaired) electrons. The number of phenolic OH excluding ortho intramolecular Hbond substituents is 2. The largest absolute Gasteiger partial charge is 0.508 e. The van der Waals surface area contributed by atoms with Crippen molar-refractivity contribution in [2.75, 3.05) is 7.11 Å². The topological polar surface area (TPSA) is 159 Å². The van der Waals surface area contributed by atoms with Gasteiger partial charge < -0.3 is 44.2 Å². The summed E-state index contributed by atoms with van der Waals surface area (Å²) in [5.41, 5.74) is -0.212. The predicted octanol–water partition coefficient (Wildman–Crippen LogP) is 1.09. The number of phenols is 2. The molecule has 1 fully saturated rings. The molecular weight excluding hydrogens is 424 g/mol. The van der Waals surface area contributed by atoms with Crippen LogP contribution >= 0.6 is 0 Å². The summed E-state index contributed by atoms with van der Waals surface area (Å²) in [5.74, 6) is -0.510. The maximum atomic E-state index is 13.0. The van der Waals surface area contributed by atoms with Crippen LogP contribution in [0, 0.1) is 0 Å². The van der Waals surface area contributed by atoms with Gasteiger partial charge in [-0.25, -0.2) is 0 Å². The Labute approximate surface area is 181 Å². The molecule has 170 valence electrons. The molecule has 5 atom stereocenters. The number of rotatable bonds is 4. The van der Waals surface area contributed by atoms with Crippen molar-refractivity contribution in [1.29, 1.82) is 0 Å². The number of aromatic hydroxyl groups is 2. The van der Waals surface area contributed by atoms with Crippen LogP contribution in [0.3, 0.4) is 0 Å². The first-order valence-corrected chi connectivity index (χ1v) is 9.74. The second-order valence-corrected chi connectivity index (χ2v) is 7.46. The molecule has 0 unspecified atom stereocenters. The molecule has 32 heavy (non-hydrogen) atoms. The fraction of sp³-hybridized carbons (Fsp3) is 0.318. The summed E-state index contributed by atoms with van der Waals surface area (Å²) in [6.45, 7) is 1.50. The molecule has 0 spiro atoms. The van der Waals surface area contributed by atoms with Gasteiger partial charge in [-0.1, -0.05) is 0 Å². The van der Waals surface area contributed by atoms with E-state index in [-0.39, 0.29) is 34.0 Å². The Morgan fingerprint density at radius 3 is 2.31 bits per heavy atom. The molecule has 5 N–H and O–H groups in total. The molecule has 3 aromatic rings. The number of hydrogen-bond donors (Lipinski definition) is 5. The van der Waals surface area contributed by atoms with E-state index in [4.69, 9.17) is 18.6 Å². The number of methoxy groups -OCH3 is 1. The van der Waals surface area contributed by atoms with Crippen LogP contribution in [0.2, 0.25) is 0 Å². The molecule has 1 aromatic heterocycles. The van der Waals surface area contributed by atoms with E-state index in [9.17, 15) is 30.3 Å². The lowest BCUT2D eigenvalue weighted by atomic mass is 10.00. The normalized spacial score (nSPS) is 25.6. The monoisotopic (exact) mass is 446 g/mol. The average molecular weight is 446 g/mol. The Kier molecular flexibility index (Phi) is 5.70. The van der Waals surface area contributed by atoms with Crippen molar-refractivity contribution in [2.24, 2.45) is 0 Å². The number of hydrogen-bond acceptors (Lipinski definition) is 10. The molecule has 2 aromatic carbocycles. The van der Waals surface area contributed by atoms with Crippen LogP contribution in [0.25, 0.3) is 22.3 Å². The van der Waals surface area contributed by atoms with Crippen LogP contribution in [-0.4, -0.2) is 63.3 Å². The van der Waals surface area contributed by atoms with Gasteiger partial charge in [-0.3, -0.25) is 4.79 Å². The van der Waals surface area contributed by atoms with Gasteiger partial charge in [-0.2, -0.15) is 0 Å². The zero-order valence-electron chi connectivity index (χ0n) is 17.1. The predicted molar refractivity (Wildman–Crippen MR) is 111 cm³/mol. The van der Waals surface area contributed by atoms with E-state index in [0.717, 1.165) is 6.07 Å². The zero-order valence-corrected chi connectivity index (χ0v) is 17.1. The van der Waals surface area contributed by atoms with E-state index < -0.39 is 41.9 Å². The van der Waals surface area contributed by atoms with Gasteiger partial charge in [-0.15, -0.1) is 0 Å². The highest BCUT2D eigenvalue weighted by molar-refractivity contribution is 5.88. The molecule has 10 nitrogen and oxygen atoms in total. The van der Waals surface area contributed by atoms with E-state index in [1.807, 2.05) is 0 Å². The minimum Gasteiger partial charge on any atom is -0.508 e. The molecule has 0 amide bonds. The van der Waals surface area contributed by atoms with E-state index in [2.05, 4.69) is 0 Å². The minimum absolute atomic E-state index is 0.0141. The second-order valence-electron chi connectivity index (χ2n) is 7.46. The molecule has 0 bridgehead atoms. The lowest BCUT2D eigenvalue weighted by molar-refractivity contribution is -0.268. The smallest absolute Gasteiger partial charge is 0.239 e. The number of aliphatic hydroxyl groups is 3. The zero-order chi connectivity index (χ0) is 23.2. The van der Waals surface area contributed by atoms with Gasteiger partial charge in [0.05, 0.1) is 13.2 Å². The van der Waals surface area contributed by atoms with E-state index in [1.54, 1.807) is 0 Å². The van der Waals surface area contributed by atoms with Crippen molar-refractivity contribution in [3.63, 3.8) is 0 Å². The van der Waals surface area contributed by atoms with Gasteiger partial charge in [0.25, 0.3) is 0 Å². The third-order valence-electron chi connectivity index (χ3n) is 5.30. The molecule has 1 aliphatic rings. The molecular formula is C22H22O10. The Hall–Kier alpha value is -3.31. The minimum atomic E-state index is -1.56. The summed E-state index contributed by atoms with van der Waals surface area (Å²) in [6, 6.07) is 8.34. The maximum Gasteiger partial charge on any atom is 0.239 e. The van der Waals surface area contributed by atoms with Crippen LogP contribution in [0.15, 0.2) is 45.6 Å². The molecule has 1 aliphatic heterocycles. The molecule has 0 saturated carbocycles. The van der Waals surface area contributed by atoms with Crippen molar-refractivity contribution in [1.82, 2.24) is 0 Å². The third kappa shape index (κ3) is 3.73. The van der Waals surface area contributed by atoms with Crippen LogP contribution in [-0.2, 0) is 4.74 Å². The Morgan fingerprint density at radius 2 is 1.66 bits per heavy atom. The first-order chi connectivity index (χ1) is 15.2. The average Bonchev–Trinajstić information content (AvgIpc) is 2.76. The molecule has 2 heterocycles. The van der Waals surface area contributed by atoms with Crippen molar-refractivity contribution in [3.05, 3.63) is 46.6 Å². The second kappa shape index (κ2) is 8.32. The number of benzene rings is 2. The van der Waals surface area contributed by atoms with Gasteiger partial charge in [0, 0.05) is 17.7 Å². The van der Waals surface area contributed by atoms with E-state index >= 15 is 0 Å². The Bertz CT molecular complexity index is 1190. The first-order valence-electron chi connectivity index (χ1n) is 9.74. The lowest BCUT2D eigenvalue weighted by Gasteiger charge is -2.38. The standard InChI is InChI=1S/C22H22O10/c1-9-16(25)18(27)19(28)22(30-9)31-12-7-13(24)15-14(8-12)32-20(21(29-2)17(15)26)10-3-5-11(23)6-4-10/h3-9,16,18-19,22-25,27-28H,1-2H3/t9-,16-,18+,19+,22-/m0/s1. The summed E-state index contributed by atoms with van der Waals surface area (Å²) in [7, 11) is 1.29. The van der Waals surface area contributed by atoms with Crippen LogP contribution in [0.5, 0.6) is 23.0 Å². The maximum absolute atomic E-state index is 13.0. The van der Waals surface area contributed by atoms with Gasteiger partial charge in [0.2, 0.25) is 17.5 Å². The molecule has 10 heteroatoms. The summed E-state index contributed by atoms with van der Waals surface area (Å²) in [5, 5.41) is 49.8. The van der Waals surface area contributed by atoms with Crippen molar-refractivity contribution < 1.29 is 44.2 Å². The molecule has 1 saturated heterocycles. The highest BCUT2D eigenvalue weighted by atomic mass is 16.7. The fourth-order valence-electron chi connectivity index (χ4n) is 3.56. The van der Waals surface area contributed by atoms with Crippen LogP contribution in [0.4, 0.5) is 0 Å². The third-order valence-corrected chi connectivity index (χ3v) is 5.30. The molecule has 4 rings (SSSR count). The summed E-state index contributed by atoms with van der Waals surface area (Å²) in [4.78, 5) is 13.0. The van der Waals surface area contributed by atoms with Crippen molar-refractivity contribution in [2.45, 2.75) is 37.6 Å². The van der Waals surface area contributed by atoms with Gasteiger partial charge in [-0.05, 0) is 31.2 Å². The Balaban J connectivity index is 1.79. The number of ether oxygens (including phenoxy) is 3. The van der Waals surface area contributed by atoms with Crippen LogP contribution < -0.4 is 14.9 Å². The van der Waals surface area contributed by atoms with Gasteiger partial charge >= 0.3 is 0 Å². The summed E-state index contributed by atoms with van der Waals surface area (Å²) < 4.78 is 22.0. The first kappa shape index (κ1) is 21.9. The summed E-state index contributed by atoms with van der Waals surface area (Å²) in [6.07, 6.45) is -6.53. The number of fused-ring (bicyclic) bond motifs is 1. The fourth-order valence-corrected chi connectivity index (χ4v) is 3.56. The number of aliphatic hydroxyl groups excluding tert-OH is 3. The van der Waals surface area contributed by atoms with Crippen LogP contribution in [0.1, 0.15) is 6.92 Å². The van der Waals surface area contributed by atoms with Crippen molar-refractivity contribution >= 4 is 11.0 Å². The molecule has 0 aliphatic carbocycles. The highest BCUT2D eigenvalue weighted by Crippen LogP contribution is 2.37. The van der Waals surface area contributed by atoms with E-state index in [1.165, 1.54) is 44.4 Å². The Morgan fingerprint density at radius 1 is 0.969 bits per heavy atom. The van der Waals surface area contributed by atoms with Gasteiger partial charge in [0.15, 0.2) is 5.76 Å². The lowest BCUT2D eigenvalue weighted by Crippen LogP contribution is -2.58. The summed E-state index contributed by atoms with van der Waals surface area (Å²) >= 11 is 0. The highest BCUT2D eigenvalue weighted by Gasteiger charge is 2.43. The SMILES string of the molecule is COc1c(-c2ccc(O)cc2)oc2cc(O[C@@H]3O[C@@H](C)[C@H](O)[C@@H](O)[C@H]3O)cc(O)c2c1=O.